The Kier molecular flexibility index (Phi) is 5.57. The van der Waals surface area contributed by atoms with E-state index in [4.69, 9.17) is 4.52 Å². The highest BCUT2D eigenvalue weighted by Crippen LogP contribution is 2.21. The van der Waals surface area contributed by atoms with Crippen LogP contribution in [-0.2, 0) is 6.42 Å². The second kappa shape index (κ2) is 8.47. The number of hydrogen-bond acceptors (Lipinski definition) is 6. The lowest BCUT2D eigenvalue weighted by Gasteiger charge is -2.07. The Labute approximate surface area is 178 Å². The molecule has 0 unspecified atom stereocenters. The summed E-state index contributed by atoms with van der Waals surface area (Å²) in [5.41, 5.74) is 2.54. The average molecular weight is 420 g/mol. The lowest BCUT2D eigenvalue weighted by molar-refractivity contribution is 0.102. The molecular weight excluding hydrogens is 399 g/mol. The topological polar surface area (TPSA) is 98.7 Å². The van der Waals surface area contributed by atoms with E-state index in [1.165, 1.54) is 12.3 Å². The Hall–Kier alpha value is -3.88. The Balaban J connectivity index is 1.58. The molecule has 31 heavy (non-hydrogen) atoms. The molecule has 9 heteroatoms. The Morgan fingerprint density at radius 1 is 1.23 bits per heavy atom. The van der Waals surface area contributed by atoms with Gasteiger partial charge in [0.25, 0.3) is 11.8 Å². The molecule has 0 aliphatic heterocycles. The number of hydrogen-bond donors (Lipinski definition) is 1. The van der Waals surface area contributed by atoms with Gasteiger partial charge >= 0.3 is 0 Å². The van der Waals surface area contributed by atoms with Crippen LogP contribution in [-0.4, -0.2) is 30.8 Å². The minimum absolute atomic E-state index is 0.358. The van der Waals surface area contributed by atoms with Crippen molar-refractivity contribution in [3.05, 3.63) is 71.2 Å². The number of pyridine rings is 1. The van der Waals surface area contributed by atoms with E-state index in [0.29, 0.717) is 45.6 Å². The van der Waals surface area contributed by atoms with Crippen molar-refractivity contribution in [2.75, 3.05) is 5.32 Å². The monoisotopic (exact) mass is 420 g/mol. The van der Waals surface area contributed by atoms with Crippen LogP contribution in [0.25, 0.3) is 17.3 Å². The van der Waals surface area contributed by atoms with E-state index in [2.05, 4.69) is 25.5 Å². The van der Waals surface area contributed by atoms with Crippen LogP contribution in [0.3, 0.4) is 0 Å². The zero-order valence-corrected chi connectivity index (χ0v) is 17.4. The van der Waals surface area contributed by atoms with Crippen molar-refractivity contribution in [2.24, 2.45) is 0 Å². The molecule has 0 aliphatic rings. The van der Waals surface area contributed by atoms with Crippen molar-refractivity contribution in [1.82, 2.24) is 24.9 Å². The predicted octanol–water partition coefficient (Wildman–Crippen LogP) is 4.28. The average Bonchev–Trinajstić information content (AvgIpc) is 3.38. The SMILES string of the molecule is CCCc1noc(-c2ccnc(-n3ncc(C(=O)Nc4ccc(C)c(F)c4)c3C)c2)n1. The van der Waals surface area contributed by atoms with Gasteiger partial charge in [0.05, 0.1) is 17.5 Å². The zero-order chi connectivity index (χ0) is 22.0. The first-order valence-corrected chi connectivity index (χ1v) is 9.87. The highest BCUT2D eigenvalue weighted by atomic mass is 19.1. The van der Waals surface area contributed by atoms with E-state index in [9.17, 15) is 9.18 Å². The lowest BCUT2D eigenvalue weighted by atomic mass is 10.2. The number of carbonyl (C=O) groups excluding carboxylic acids is 1. The second-order valence-electron chi connectivity index (χ2n) is 7.14. The number of rotatable bonds is 6. The van der Waals surface area contributed by atoms with Crippen LogP contribution < -0.4 is 5.32 Å². The molecule has 0 saturated carbocycles. The minimum Gasteiger partial charge on any atom is -0.334 e. The standard InChI is InChI=1S/C22H21FN6O2/c1-4-5-19-27-22(31-28-19)15-8-9-24-20(10-15)29-14(3)17(12-25-29)21(30)26-16-7-6-13(2)18(23)11-16/h6-12H,4-5H2,1-3H3,(H,26,30). The second-order valence-corrected chi connectivity index (χ2v) is 7.14. The summed E-state index contributed by atoms with van der Waals surface area (Å²) in [6, 6.07) is 8.08. The summed E-state index contributed by atoms with van der Waals surface area (Å²) in [6.07, 6.45) is 4.73. The summed E-state index contributed by atoms with van der Waals surface area (Å²) >= 11 is 0. The van der Waals surface area contributed by atoms with E-state index >= 15 is 0 Å². The molecule has 0 atom stereocenters. The highest BCUT2D eigenvalue weighted by Gasteiger charge is 2.17. The maximum absolute atomic E-state index is 13.8. The molecule has 0 radical (unpaired) electrons. The molecule has 1 amide bonds. The van der Waals surface area contributed by atoms with Gasteiger partial charge in [-0.15, -0.1) is 0 Å². The molecule has 1 aromatic carbocycles. The summed E-state index contributed by atoms with van der Waals surface area (Å²) in [4.78, 5) is 21.4. The van der Waals surface area contributed by atoms with Crippen molar-refractivity contribution in [2.45, 2.75) is 33.6 Å². The lowest BCUT2D eigenvalue weighted by Crippen LogP contribution is -2.13. The molecule has 4 aromatic rings. The summed E-state index contributed by atoms with van der Waals surface area (Å²) in [5, 5.41) is 11.0. The van der Waals surface area contributed by atoms with Crippen LogP contribution in [0.1, 0.15) is 40.8 Å². The van der Waals surface area contributed by atoms with Crippen molar-refractivity contribution in [3.8, 4) is 17.3 Å². The van der Waals surface area contributed by atoms with Gasteiger partial charge in [0, 0.05) is 23.9 Å². The molecule has 1 N–H and O–H groups in total. The first-order chi connectivity index (χ1) is 15.0. The fraction of sp³-hybridized carbons (Fsp3) is 0.227. The normalized spacial score (nSPS) is 11.0. The third-order valence-corrected chi connectivity index (χ3v) is 4.84. The van der Waals surface area contributed by atoms with Crippen LogP contribution in [0.15, 0.2) is 47.2 Å². The molecule has 0 bridgehead atoms. The van der Waals surface area contributed by atoms with Gasteiger partial charge in [0.1, 0.15) is 5.82 Å². The highest BCUT2D eigenvalue weighted by molar-refractivity contribution is 6.05. The van der Waals surface area contributed by atoms with Gasteiger partial charge in [-0.1, -0.05) is 18.1 Å². The molecule has 4 rings (SSSR count). The summed E-state index contributed by atoms with van der Waals surface area (Å²) in [5.74, 6) is 0.790. The van der Waals surface area contributed by atoms with Crippen LogP contribution in [0.4, 0.5) is 10.1 Å². The van der Waals surface area contributed by atoms with E-state index in [0.717, 1.165) is 12.8 Å². The van der Waals surface area contributed by atoms with Crippen molar-refractivity contribution in [1.29, 1.82) is 0 Å². The minimum atomic E-state index is -0.385. The van der Waals surface area contributed by atoms with Gasteiger partial charge in [-0.05, 0) is 50.1 Å². The van der Waals surface area contributed by atoms with Crippen LogP contribution >= 0.6 is 0 Å². The van der Waals surface area contributed by atoms with Crippen molar-refractivity contribution in [3.63, 3.8) is 0 Å². The molecule has 0 aliphatic carbocycles. The summed E-state index contributed by atoms with van der Waals surface area (Å²) < 4.78 is 20.7. The number of nitrogens with zero attached hydrogens (tertiary/aromatic N) is 5. The molecule has 0 spiro atoms. The summed E-state index contributed by atoms with van der Waals surface area (Å²) in [6.45, 7) is 5.47. The van der Waals surface area contributed by atoms with Gasteiger partial charge in [0.15, 0.2) is 11.6 Å². The zero-order valence-electron chi connectivity index (χ0n) is 17.4. The first-order valence-electron chi connectivity index (χ1n) is 9.87. The van der Waals surface area contributed by atoms with E-state index in [-0.39, 0.29) is 11.7 Å². The quantitative estimate of drug-likeness (QED) is 0.500. The van der Waals surface area contributed by atoms with E-state index in [1.54, 1.807) is 49.0 Å². The molecule has 8 nitrogen and oxygen atoms in total. The van der Waals surface area contributed by atoms with Crippen molar-refractivity contribution >= 4 is 11.6 Å². The van der Waals surface area contributed by atoms with Gasteiger partial charge in [-0.2, -0.15) is 10.1 Å². The van der Waals surface area contributed by atoms with Crippen LogP contribution in [0, 0.1) is 19.7 Å². The molecular formula is C22H21FN6O2. The third kappa shape index (κ3) is 4.20. The number of benzene rings is 1. The maximum atomic E-state index is 13.8. The third-order valence-electron chi connectivity index (χ3n) is 4.84. The largest absolute Gasteiger partial charge is 0.334 e. The van der Waals surface area contributed by atoms with E-state index in [1.807, 2.05) is 6.92 Å². The van der Waals surface area contributed by atoms with Crippen LogP contribution in [0.5, 0.6) is 0 Å². The first kappa shape index (κ1) is 20.4. The molecule has 158 valence electrons. The Bertz CT molecular complexity index is 1250. The Morgan fingerprint density at radius 3 is 2.84 bits per heavy atom. The van der Waals surface area contributed by atoms with Crippen molar-refractivity contribution < 1.29 is 13.7 Å². The maximum Gasteiger partial charge on any atom is 0.259 e. The number of anilines is 1. The molecule has 3 aromatic heterocycles. The fourth-order valence-electron chi connectivity index (χ4n) is 3.10. The smallest absolute Gasteiger partial charge is 0.259 e. The number of halogens is 1. The number of amides is 1. The number of nitrogens with one attached hydrogen (secondary N) is 1. The number of aromatic nitrogens is 5. The number of aryl methyl sites for hydroxylation is 2. The number of carbonyl (C=O) groups is 1. The van der Waals surface area contributed by atoms with Crippen LogP contribution in [0.2, 0.25) is 0 Å². The van der Waals surface area contributed by atoms with Gasteiger partial charge in [-0.25, -0.2) is 14.1 Å². The van der Waals surface area contributed by atoms with Gasteiger partial charge < -0.3 is 9.84 Å². The van der Waals surface area contributed by atoms with Gasteiger partial charge in [0.2, 0.25) is 0 Å². The molecule has 0 saturated heterocycles. The van der Waals surface area contributed by atoms with Gasteiger partial charge in [-0.3, -0.25) is 4.79 Å². The molecule has 0 fully saturated rings. The summed E-state index contributed by atoms with van der Waals surface area (Å²) in [7, 11) is 0. The molecule has 3 heterocycles. The van der Waals surface area contributed by atoms with E-state index < -0.39 is 0 Å². The Morgan fingerprint density at radius 2 is 2.06 bits per heavy atom. The fourth-order valence-corrected chi connectivity index (χ4v) is 3.10. The predicted molar refractivity (Wildman–Crippen MR) is 112 cm³/mol.